The summed E-state index contributed by atoms with van der Waals surface area (Å²) in [6.45, 7) is 1.83. The van der Waals surface area contributed by atoms with E-state index in [4.69, 9.17) is 9.84 Å². The van der Waals surface area contributed by atoms with E-state index in [2.05, 4.69) is 20.7 Å². The van der Waals surface area contributed by atoms with Crippen LogP contribution in [0.2, 0.25) is 0 Å². The van der Waals surface area contributed by atoms with E-state index in [9.17, 15) is 4.79 Å². The molecule has 0 amide bonds. The van der Waals surface area contributed by atoms with Crippen LogP contribution in [0, 0.1) is 6.92 Å². The standard InChI is InChI=1S/C11H11BrO4/c1-7-3-4-8(12)5-9(7)16-10(6-13)11(14)15-2/h3-6,13H,1-2H3/b10-6-. The van der Waals surface area contributed by atoms with Gasteiger partial charge in [-0.2, -0.15) is 0 Å². The fourth-order valence-corrected chi connectivity index (χ4v) is 1.36. The van der Waals surface area contributed by atoms with Crippen LogP contribution in [0.5, 0.6) is 5.75 Å². The zero-order valence-corrected chi connectivity index (χ0v) is 10.4. The van der Waals surface area contributed by atoms with Crippen molar-refractivity contribution in [2.45, 2.75) is 6.92 Å². The third-order valence-corrected chi connectivity index (χ3v) is 2.37. The molecular formula is C11H11BrO4. The average molecular weight is 287 g/mol. The molecule has 0 spiro atoms. The quantitative estimate of drug-likeness (QED) is 0.527. The number of rotatable bonds is 3. The summed E-state index contributed by atoms with van der Waals surface area (Å²) in [6.07, 6.45) is 0.576. The summed E-state index contributed by atoms with van der Waals surface area (Å²) in [5.74, 6) is -0.523. The maximum Gasteiger partial charge on any atom is 0.377 e. The zero-order valence-electron chi connectivity index (χ0n) is 8.86. The molecule has 1 aromatic rings. The van der Waals surface area contributed by atoms with Gasteiger partial charge in [0.1, 0.15) is 12.0 Å². The number of halogens is 1. The lowest BCUT2D eigenvalue weighted by Crippen LogP contribution is -2.11. The Balaban J connectivity index is 2.95. The molecule has 0 aliphatic heterocycles. The lowest BCUT2D eigenvalue weighted by Gasteiger charge is -2.09. The molecule has 0 unspecified atom stereocenters. The molecule has 5 heteroatoms. The number of aryl methyl sites for hydroxylation is 1. The highest BCUT2D eigenvalue weighted by molar-refractivity contribution is 9.10. The summed E-state index contributed by atoms with van der Waals surface area (Å²) >= 11 is 3.28. The maximum atomic E-state index is 11.2. The van der Waals surface area contributed by atoms with Crippen molar-refractivity contribution in [3.05, 3.63) is 40.3 Å². The Morgan fingerprint density at radius 2 is 2.19 bits per heavy atom. The maximum absolute atomic E-state index is 11.2. The summed E-state index contributed by atoms with van der Waals surface area (Å²) in [4.78, 5) is 11.2. The molecule has 0 aliphatic rings. The molecule has 4 nitrogen and oxygen atoms in total. The van der Waals surface area contributed by atoms with Crippen LogP contribution in [0.4, 0.5) is 0 Å². The molecule has 1 aromatic carbocycles. The van der Waals surface area contributed by atoms with Crippen LogP contribution in [0.1, 0.15) is 5.56 Å². The lowest BCUT2D eigenvalue weighted by molar-refractivity contribution is -0.138. The van der Waals surface area contributed by atoms with E-state index >= 15 is 0 Å². The lowest BCUT2D eigenvalue weighted by atomic mass is 10.2. The number of benzene rings is 1. The molecule has 0 radical (unpaired) electrons. The molecule has 0 saturated carbocycles. The first-order chi connectivity index (χ1) is 7.58. The predicted molar refractivity (Wildman–Crippen MR) is 62.2 cm³/mol. The minimum absolute atomic E-state index is 0.260. The highest BCUT2D eigenvalue weighted by Crippen LogP contribution is 2.24. The van der Waals surface area contributed by atoms with Gasteiger partial charge in [0.2, 0.25) is 5.76 Å². The van der Waals surface area contributed by atoms with Gasteiger partial charge in [0.25, 0.3) is 0 Å². The normalized spacial score (nSPS) is 11.1. The van der Waals surface area contributed by atoms with Gasteiger partial charge < -0.3 is 14.6 Å². The monoisotopic (exact) mass is 286 g/mol. The Bertz CT molecular complexity index is 426. The highest BCUT2D eigenvalue weighted by Gasteiger charge is 2.13. The van der Waals surface area contributed by atoms with Crippen molar-refractivity contribution < 1.29 is 19.4 Å². The van der Waals surface area contributed by atoms with Crippen molar-refractivity contribution in [3.63, 3.8) is 0 Å². The van der Waals surface area contributed by atoms with Gasteiger partial charge in [-0.05, 0) is 24.6 Å². The Kier molecular flexibility index (Phi) is 4.37. The van der Waals surface area contributed by atoms with Gasteiger partial charge in [0.05, 0.1) is 7.11 Å². The van der Waals surface area contributed by atoms with E-state index in [-0.39, 0.29) is 5.76 Å². The molecule has 0 heterocycles. The van der Waals surface area contributed by atoms with Crippen molar-refractivity contribution in [2.24, 2.45) is 0 Å². The Morgan fingerprint density at radius 3 is 2.75 bits per heavy atom. The molecule has 0 aliphatic carbocycles. The second-order valence-corrected chi connectivity index (χ2v) is 3.91. The third kappa shape index (κ3) is 3.00. The number of aliphatic hydroxyl groups excluding tert-OH is 1. The van der Waals surface area contributed by atoms with Crippen LogP contribution in [-0.2, 0) is 9.53 Å². The van der Waals surface area contributed by atoms with Crippen molar-refractivity contribution in [2.75, 3.05) is 7.11 Å². The van der Waals surface area contributed by atoms with Crippen LogP contribution in [-0.4, -0.2) is 18.2 Å². The van der Waals surface area contributed by atoms with E-state index in [1.165, 1.54) is 7.11 Å². The van der Waals surface area contributed by atoms with Gasteiger partial charge in [-0.25, -0.2) is 4.79 Å². The molecule has 86 valence electrons. The average Bonchev–Trinajstić information content (AvgIpc) is 2.29. The molecule has 0 bridgehead atoms. The van der Waals surface area contributed by atoms with Crippen LogP contribution < -0.4 is 4.74 Å². The molecular weight excluding hydrogens is 276 g/mol. The van der Waals surface area contributed by atoms with Crippen molar-refractivity contribution >= 4 is 21.9 Å². The molecule has 0 fully saturated rings. The number of carbonyl (C=O) groups excluding carboxylic acids is 1. The van der Waals surface area contributed by atoms with E-state index < -0.39 is 5.97 Å². The molecule has 0 aromatic heterocycles. The number of hydrogen-bond donors (Lipinski definition) is 1. The molecule has 0 saturated heterocycles. The van der Waals surface area contributed by atoms with Crippen LogP contribution in [0.15, 0.2) is 34.7 Å². The van der Waals surface area contributed by atoms with E-state index in [0.29, 0.717) is 12.0 Å². The summed E-state index contributed by atoms with van der Waals surface area (Å²) in [5.41, 5.74) is 0.839. The zero-order chi connectivity index (χ0) is 12.1. The number of carbonyl (C=O) groups is 1. The van der Waals surface area contributed by atoms with Gasteiger partial charge in [0, 0.05) is 4.47 Å². The number of methoxy groups -OCH3 is 1. The smallest absolute Gasteiger partial charge is 0.377 e. The van der Waals surface area contributed by atoms with Crippen molar-refractivity contribution in [3.8, 4) is 5.75 Å². The van der Waals surface area contributed by atoms with Crippen LogP contribution >= 0.6 is 15.9 Å². The second-order valence-electron chi connectivity index (χ2n) is 3.00. The Labute approximate surface area is 102 Å². The highest BCUT2D eigenvalue weighted by atomic mass is 79.9. The molecule has 1 rings (SSSR count). The number of ether oxygens (including phenoxy) is 2. The summed E-state index contributed by atoms with van der Waals surface area (Å²) < 4.78 is 10.5. The Hall–Kier alpha value is -1.49. The van der Waals surface area contributed by atoms with Gasteiger partial charge in [-0.15, -0.1) is 0 Å². The van der Waals surface area contributed by atoms with E-state index in [0.717, 1.165) is 10.0 Å². The Morgan fingerprint density at radius 1 is 1.50 bits per heavy atom. The van der Waals surface area contributed by atoms with Crippen LogP contribution in [0.3, 0.4) is 0 Å². The number of aliphatic hydroxyl groups is 1. The topological polar surface area (TPSA) is 55.8 Å². The number of esters is 1. The molecule has 16 heavy (non-hydrogen) atoms. The summed E-state index contributed by atoms with van der Waals surface area (Å²) in [7, 11) is 1.21. The van der Waals surface area contributed by atoms with Gasteiger partial charge in [0.15, 0.2) is 0 Å². The minimum atomic E-state index is -0.734. The first-order valence-electron chi connectivity index (χ1n) is 4.45. The van der Waals surface area contributed by atoms with Crippen molar-refractivity contribution in [1.29, 1.82) is 0 Å². The van der Waals surface area contributed by atoms with Crippen LogP contribution in [0.25, 0.3) is 0 Å². The first-order valence-corrected chi connectivity index (χ1v) is 5.24. The minimum Gasteiger partial charge on any atom is -0.511 e. The fourth-order valence-electron chi connectivity index (χ4n) is 1.02. The fraction of sp³-hybridized carbons (Fsp3) is 0.182. The number of hydrogen-bond acceptors (Lipinski definition) is 4. The molecule has 0 atom stereocenters. The van der Waals surface area contributed by atoms with Gasteiger partial charge in [-0.1, -0.05) is 22.0 Å². The molecule has 1 N–H and O–H groups in total. The SMILES string of the molecule is COC(=O)/C(=C/O)Oc1cc(Br)ccc1C. The summed E-state index contributed by atoms with van der Waals surface area (Å²) in [5, 5.41) is 8.85. The second kappa shape index (κ2) is 5.55. The van der Waals surface area contributed by atoms with Gasteiger partial charge in [-0.3, -0.25) is 0 Å². The van der Waals surface area contributed by atoms with E-state index in [1.54, 1.807) is 6.07 Å². The third-order valence-electron chi connectivity index (χ3n) is 1.87. The summed E-state index contributed by atoms with van der Waals surface area (Å²) in [6, 6.07) is 5.37. The van der Waals surface area contributed by atoms with Crippen molar-refractivity contribution in [1.82, 2.24) is 0 Å². The predicted octanol–water partition coefficient (Wildman–Crippen LogP) is 2.71. The first kappa shape index (κ1) is 12.6. The largest absolute Gasteiger partial charge is 0.511 e. The van der Waals surface area contributed by atoms with E-state index in [1.807, 2.05) is 19.1 Å². The van der Waals surface area contributed by atoms with Gasteiger partial charge >= 0.3 is 5.97 Å².